The van der Waals surface area contributed by atoms with Crippen molar-refractivity contribution >= 4 is 11.7 Å². The number of pyridine rings is 1. The highest BCUT2D eigenvalue weighted by molar-refractivity contribution is 5.76. The summed E-state index contributed by atoms with van der Waals surface area (Å²) in [6, 6.07) is 11.3. The molecule has 1 aliphatic heterocycles. The Morgan fingerprint density at radius 2 is 2.00 bits per heavy atom. The molecule has 1 amide bonds. The molecule has 0 saturated carbocycles. The van der Waals surface area contributed by atoms with Crippen LogP contribution in [0.3, 0.4) is 0 Å². The molecule has 0 radical (unpaired) electrons. The van der Waals surface area contributed by atoms with E-state index >= 15 is 0 Å². The molecule has 1 fully saturated rings. The molecule has 168 valence electrons. The van der Waals surface area contributed by atoms with Crippen molar-refractivity contribution < 1.29 is 18.8 Å². The molecule has 9 heteroatoms. The number of carbonyl (C=O) groups excluding carboxylic acids is 1. The van der Waals surface area contributed by atoms with E-state index < -0.39 is 0 Å². The summed E-state index contributed by atoms with van der Waals surface area (Å²) in [4.78, 5) is 23.5. The normalized spacial score (nSPS) is 13.7. The van der Waals surface area contributed by atoms with Gasteiger partial charge in [-0.2, -0.15) is 4.98 Å². The summed E-state index contributed by atoms with van der Waals surface area (Å²) in [5.41, 5.74) is 1.86. The number of ether oxygens (including phenoxy) is 2. The lowest BCUT2D eigenvalue weighted by molar-refractivity contribution is -0.121. The topological polar surface area (TPSA) is 103 Å². The van der Waals surface area contributed by atoms with E-state index in [1.807, 2.05) is 36.4 Å². The van der Waals surface area contributed by atoms with E-state index in [2.05, 4.69) is 25.3 Å². The van der Waals surface area contributed by atoms with E-state index in [-0.39, 0.29) is 5.91 Å². The van der Waals surface area contributed by atoms with Crippen LogP contribution >= 0.6 is 0 Å². The molecule has 2 aromatic heterocycles. The van der Waals surface area contributed by atoms with Gasteiger partial charge in [0, 0.05) is 49.8 Å². The summed E-state index contributed by atoms with van der Waals surface area (Å²) in [6.45, 7) is 3.44. The number of nitrogens with one attached hydrogen (secondary N) is 1. The molecule has 1 N–H and O–H groups in total. The second-order valence-corrected chi connectivity index (χ2v) is 7.46. The van der Waals surface area contributed by atoms with Gasteiger partial charge in [0.1, 0.15) is 11.6 Å². The first-order valence-corrected chi connectivity index (χ1v) is 10.7. The molecule has 0 bridgehead atoms. The Labute approximate surface area is 186 Å². The standard InChI is InChI=1S/C23H27N5O4/c1-30-19-9-7-17(8-10-19)22-26-21(32-27-22)6-2-5-20(29)25-16-18-4-3-11-24-23(18)28-12-14-31-15-13-28/h3-4,7-11H,2,5-6,12-16H2,1H3,(H,25,29). The van der Waals surface area contributed by atoms with Crippen LogP contribution in [0, 0.1) is 0 Å². The smallest absolute Gasteiger partial charge is 0.226 e. The second-order valence-electron chi connectivity index (χ2n) is 7.46. The highest BCUT2D eigenvalue weighted by Crippen LogP contribution is 2.20. The average molecular weight is 438 g/mol. The number of anilines is 1. The van der Waals surface area contributed by atoms with E-state index in [9.17, 15) is 4.79 Å². The molecular weight excluding hydrogens is 410 g/mol. The summed E-state index contributed by atoms with van der Waals surface area (Å²) < 4.78 is 15.9. The predicted octanol–water partition coefficient (Wildman–Crippen LogP) is 2.62. The molecule has 0 unspecified atom stereocenters. The molecule has 0 spiro atoms. The molecule has 4 rings (SSSR count). The number of benzene rings is 1. The van der Waals surface area contributed by atoms with Gasteiger partial charge in [-0.05, 0) is 36.8 Å². The van der Waals surface area contributed by atoms with E-state index in [4.69, 9.17) is 14.0 Å². The van der Waals surface area contributed by atoms with Crippen molar-refractivity contribution in [1.29, 1.82) is 0 Å². The number of morpholine rings is 1. The molecule has 3 heterocycles. The molecule has 3 aromatic rings. The first-order valence-electron chi connectivity index (χ1n) is 10.7. The van der Waals surface area contributed by atoms with Gasteiger partial charge in [0.05, 0.1) is 20.3 Å². The van der Waals surface area contributed by atoms with Crippen LogP contribution in [0.1, 0.15) is 24.3 Å². The van der Waals surface area contributed by atoms with Crippen LogP contribution in [0.2, 0.25) is 0 Å². The molecule has 1 saturated heterocycles. The molecule has 0 atom stereocenters. The van der Waals surface area contributed by atoms with E-state index in [0.717, 1.165) is 35.8 Å². The maximum Gasteiger partial charge on any atom is 0.226 e. The Balaban J connectivity index is 1.23. The Kier molecular flexibility index (Phi) is 7.29. The summed E-state index contributed by atoms with van der Waals surface area (Å²) >= 11 is 0. The van der Waals surface area contributed by atoms with Crippen LogP contribution < -0.4 is 15.0 Å². The van der Waals surface area contributed by atoms with Gasteiger partial charge in [-0.3, -0.25) is 4.79 Å². The molecule has 1 aromatic carbocycles. The van der Waals surface area contributed by atoms with Gasteiger partial charge < -0.3 is 24.2 Å². The summed E-state index contributed by atoms with van der Waals surface area (Å²) in [5.74, 6) is 2.71. The number of rotatable bonds is 9. The SMILES string of the molecule is COc1ccc(-c2noc(CCCC(=O)NCc3cccnc3N3CCOCC3)n2)cc1. The molecule has 32 heavy (non-hydrogen) atoms. The van der Waals surface area contributed by atoms with Crippen molar-refractivity contribution in [3.8, 4) is 17.1 Å². The number of amides is 1. The van der Waals surface area contributed by atoms with Crippen LogP contribution in [0.25, 0.3) is 11.4 Å². The fraction of sp³-hybridized carbons (Fsp3) is 0.391. The second kappa shape index (κ2) is 10.7. The monoisotopic (exact) mass is 437 g/mol. The van der Waals surface area contributed by atoms with Gasteiger partial charge in [0.2, 0.25) is 17.6 Å². The Bertz CT molecular complexity index is 1020. The maximum absolute atomic E-state index is 12.3. The van der Waals surface area contributed by atoms with Crippen molar-refractivity contribution in [3.05, 3.63) is 54.0 Å². The minimum Gasteiger partial charge on any atom is -0.497 e. The van der Waals surface area contributed by atoms with Crippen molar-refractivity contribution in [2.45, 2.75) is 25.8 Å². The molecule has 0 aliphatic carbocycles. The zero-order chi connectivity index (χ0) is 22.2. The Morgan fingerprint density at radius 3 is 2.78 bits per heavy atom. The minimum absolute atomic E-state index is 0.0170. The number of nitrogens with zero attached hydrogens (tertiary/aromatic N) is 4. The van der Waals surface area contributed by atoms with Crippen LogP contribution in [0.4, 0.5) is 5.82 Å². The van der Waals surface area contributed by atoms with Gasteiger partial charge >= 0.3 is 0 Å². The van der Waals surface area contributed by atoms with Crippen molar-refractivity contribution in [1.82, 2.24) is 20.4 Å². The summed E-state index contributed by atoms with van der Waals surface area (Å²) in [7, 11) is 1.62. The number of methoxy groups -OCH3 is 1. The van der Waals surface area contributed by atoms with Crippen LogP contribution in [0.15, 0.2) is 47.1 Å². The van der Waals surface area contributed by atoms with Gasteiger partial charge in [-0.15, -0.1) is 0 Å². The number of aromatic nitrogens is 3. The number of aryl methyl sites for hydroxylation is 1. The first-order chi connectivity index (χ1) is 15.7. The highest BCUT2D eigenvalue weighted by atomic mass is 16.5. The molecule has 1 aliphatic rings. The highest BCUT2D eigenvalue weighted by Gasteiger charge is 2.16. The van der Waals surface area contributed by atoms with Gasteiger partial charge in [0.15, 0.2) is 0 Å². The van der Waals surface area contributed by atoms with Crippen molar-refractivity contribution in [2.24, 2.45) is 0 Å². The summed E-state index contributed by atoms with van der Waals surface area (Å²) in [6.07, 6.45) is 3.33. The number of hydrogen-bond acceptors (Lipinski definition) is 8. The number of hydrogen-bond donors (Lipinski definition) is 1. The van der Waals surface area contributed by atoms with E-state index in [1.165, 1.54) is 0 Å². The third-order valence-electron chi connectivity index (χ3n) is 5.26. The lowest BCUT2D eigenvalue weighted by atomic mass is 10.2. The Morgan fingerprint density at radius 1 is 1.19 bits per heavy atom. The maximum atomic E-state index is 12.3. The lowest BCUT2D eigenvalue weighted by Gasteiger charge is -2.29. The van der Waals surface area contributed by atoms with Crippen molar-refractivity contribution in [2.75, 3.05) is 38.3 Å². The first kappa shape index (κ1) is 21.8. The van der Waals surface area contributed by atoms with E-state index in [0.29, 0.717) is 50.7 Å². The molecule has 9 nitrogen and oxygen atoms in total. The van der Waals surface area contributed by atoms with Crippen LogP contribution in [-0.4, -0.2) is 54.4 Å². The lowest BCUT2D eigenvalue weighted by Crippen LogP contribution is -2.37. The third kappa shape index (κ3) is 5.61. The summed E-state index contributed by atoms with van der Waals surface area (Å²) in [5, 5.41) is 7.01. The fourth-order valence-corrected chi connectivity index (χ4v) is 3.52. The van der Waals surface area contributed by atoms with Crippen LogP contribution in [-0.2, 0) is 22.5 Å². The van der Waals surface area contributed by atoms with Gasteiger partial charge in [0.25, 0.3) is 0 Å². The quantitative estimate of drug-likeness (QED) is 0.545. The zero-order valence-corrected chi connectivity index (χ0v) is 18.1. The predicted molar refractivity (Wildman–Crippen MR) is 118 cm³/mol. The number of carbonyl (C=O) groups is 1. The van der Waals surface area contributed by atoms with Gasteiger partial charge in [-0.1, -0.05) is 11.2 Å². The van der Waals surface area contributed by atoms with Crippen molar-refractivity contribution in [3.63, 3.8) is 0 Å². The Hall–Kier alpha value is -3.46. The zero-order valence-electron chi connectivity index (χ0n) is 18.1. The average Bonchev–Trinajstić information content (AvgIpc) is 3.32. The fourth-order valence-electron chi connectivity index (χ4n) is 3.52. The molecular formula is C23H27N5O4. The minimum atomic E-state index is -0.0170. The third-order valence-corrected chi connectivity index (χ3v) is 5.26. The van der Waals surface area contributed by atoms with Crippen LogP contribution in [0.5, 0.6) is 5.75 Å². The largest absolute Gasteiger partial charge is 0.497 e. The van der Waals surface area contributed by atoms with E-state index in [1.54, 1.807) is 13.3 Å². The van der Waals surface area contributed by atoms with Gasteiger partial charge in [-0.25, -0.2) is 4.98 Å².